The summed E-state index contributed by atoms with van der Waals surface area (Å²) in [5.74, 6) is -0.384. The zero-order chi connectivity index (χ0) is 13.1. The summed E-state index contributed by atoms with van der Waals surface area (Å²) >= 11 is 0. The molecular formula is C13H19NO4. The zero-order valence-electron chi connectivity index (χ0n) is 10.7. The molecule has 5 nitrogen and oxygen atoms in total. The number of rotatable bonds is 5. The molecule has 1 saturated heterocycles. The van der Waals surface area contributed by atoms with Crippen LogP contribution in [0.1, 0.15) is 41.6 Å². The summed E-state index contributed by atoms with van der Waals surface area (Å²) in [5.41, 5.74) is 0.886. The van der Waals surface area contributed by atoms with Crippen molar-refractivity contribution in [2.75, 3.05) is 6.61 Å². The molecule has 1 fully saturated rings. The third kappa shape index (κ3) is 2.91. The van der Waals surface area contributed by atoms with Crippen molar-refractivity contribution in [3.05, 3.63) is 23.2 Å². The largest absolute Gasteiger partial charge is 0.475 e. The molecule has 5 heteroatoms. The Balaban J connectivity index is 1.91. The van der Waals surface area contributed by atoms with Gasteiger partial charge in [-0.05, 0) is 32.8 Å². The van der Waals surface area contributed by atoms with Gasteiger partial charge < -0.3 is 19.6 Å². The highest BCUT2D eigenvalue weighted by molar-refractivity contribution is 5.84. The number of carboxylic acid groups (broad SMARTS) is 1. The van der Waals surface area contributed by atoms with E-state index in [2.05, 4.69) is 12.2 Å². The zero-order valence-corrected chi connectivity index (χ0v) is 10.7. The van der Waals surface area contributed by atoms with E-state index in [1.165, 1.54) is 0 Å². The number of aryl methyl sites for hydroxylation is 1. The number of carboxylic acids is 1. The van der Waals surface area contributed by atoms with Crippen molar-refractivity contribution in [1.82, 2.24) is 5.32 Å². The molecule has 2 N–H and O–H groups in total. The summed E-state index contributed by atoms with van der Waals surface area (Å²) < 4.78 is 10.8. The van der Waals surface area contributed by atoms with Crippen LogP contribution in [0.4, 0.5) is 0 Å². The van der Waals surface area contributed by atoms with Gasteiger partial charge in [-0.3, -0.25) is 0 Å². The Kier molecular flexibility index (Phi) is 4.04. The molecule has 1 aliphatic rings. The van der Waals surface area contributed by atoms with Crippen LogP contribution >= 0.6 is 0 Å². The van der Waals surface area contributed by atoms with E-state index in [0.29, 0.717) is 12.3 Å². The summed E-state index contributed by atoms with van der Waals surface area (Å²) in [5, 5.41) is 12.2. The minimum Gasteiger partial charge on any atom is -0.475 e. The molecule has 1 aromatic rings. The van der Waals surface area contributed by atoms with E-state index < -0.39 is 5.97 Å². The molecular weight excluding hydrogens is 234 g/mol. The van der Waals surface area contributed by atoms with Crippen LogP contribution in [0.3, 0.4) is 0 Å². The van der Waals surface area contributed by atoms with Crippen LogP contribution in [0.5, 0.6) is 0 Å². The van der Waals surface area contributed by atoms with E-state index in [-0.39, 0.29) is 17.9 Å². The van der Waals surface area contributed by atoms with Gasteiger partial charge in [-0.15, -0.1) is 0 Å². The fraction of sp³-hybridized carbons (Fsp3) is 0.615. The Bertz CT molecular complexity index is 421. The molecule has 0 radical (unpaired) electrons. The highest BCUT2D eigenvalue weighted by Crippen LogP contribution is 2.18. The highest BCUT2D eigenvalue weighted by atomic mass is 16.5. The normalized spacial score (nSPS) is 21.1. The smallest absolute Gasteiger partial charge is 0.371 e. The molecule has 0 spiro atoms. The standard InChI is InChI=1S/C13H19NO4/c1-8(11-4-3-5-17-11)14-7-10-6-12(13(15)16)18-9(10)2/h6,8,11,14H,3-5,7H2,1-2H3,(H,15,16). The van der Waals surface area contributed by atoms with E-state index in [1.807, 2.05) is 0 Å². The minimum absolute atomic E-state index is 0.00549. The molecule has 1 aromatic heterocycles. The molecule has 2 rings (SSSR count). The van der Waals surface area contributed by atoms with Crippen molar-refractivity contribution in [2.24, 2.45) is 0 Å². The molecule has 18 heavy (non-hydrogen) atoms. The Morgan fingerprint density at radius 3 is 3.00 bits per heavy atom. The molecule has 2 heterocycles. The summed E-state index contributed by atoms with van der Waals surface area (Å²) in [6.45, 7) is 5.30. The SMILES string of the molecule is Cc1oc(C(=O)O)cc1CNC(C)C1CCCO1. The van der Waals surface area contributed by atoms with Crippen molar-refractivity contribution in [2.45, 2.75) is 45.4 Å². The third-order valence-corrected chi connectivity index (χ3v) is 3.37. The molecule has 0 aliphatic carbocycles. The molecule has 0 saturated carbocycles. The first kappa shape index (κ1) is 13.1. The number of nitrogens with one attached hydrogen (secondary N) is 1. The lowest BCUT2D eigenvalue weighted by Gasteiger charge is -2.19. The van der Waals surface area contributed by atoms with Crippen molar-refractivity contribution in [3.63, 3.8) is 0 Å². The maximum Gasteiger partial charge on any atom is 0.371 e. The van der Waals surface area contributed by atoms with Crippen molar-refractivity contribution in [1.29, 1.82) is 0 Å². The van der Waals surface area contributed by atoms with E-state index in [4.69, 9.17) is 14.3 Å². The van der Waals surface area contributed by atoms with Crippen LogP contribution in [0.2, 0.25) is 0 Å². The van der Waals surface area contributed by atoms with Gasteiger partial charge in [0.25, 0.3) is 0 Å². The van der Waals surface area contributed by atoms with Gasteiger partial charge in [0.2, 0.25) is 5.76 Å². The van der Waals surface area contributed by atoms with Crippen LogP contribution in [-0.2, 0) is 11.3 Å². The summed E-state index contributed by atoms with van der Waals surface area (Å²) in [4.78, 5) is 10.8. The van der Waals surface area contributed by atoms with Crippen molar-refractivity contribution < 1.29 is 19.1 Å². The lowest BCUT2D eigenvalue weighted by atomic mass is 10.1. The lowest BCUT2D eigenvalue weighted by Crippen LogP contribution is -2.36. The predicted octanol–water partition coefficient (Wildman–Crippen LogP) is 1.94. The average molecular weight is 253 g/mol. The van der Waals surface area contributed by atoms with E-state index in [0.717, 1.165) is 25.0 Å². The van der Waals surface area contributed by atoms with Crippen LogP contribution < -0.4 is 5.32 Å². The predicted molar refractivity (Wildman–Crippen MR) is 65.7 cm³/mol. The minimum atomic E-state index is -1.03. The van der Waals surface area contributed by atoms with Gasteiger partial charge in [0.1, 0.15) is 5.76 Å². The fourth-order valence-corrected chi connectivity index (χ4v) is 2.20. The first-order valence-corrected chi connectivity index (χ1v) is 6.25. The van der Waals surface area contributed by atoms with Crippen LogP contribution in [0, 0.1) is 6.92 Å². The molecule has 100 valence electrons. The second-order valence-corrected chi connectivity index (χ2v) is 4.72. The molecule has 1 aliphatic heterocycles. The molecule has 0 aromatic carbocycles. The van der Waals surface area contributed by atoms with E-state index in [9.17, 15) is 4.79 Å². The van der Waals surface area contributed by atoms with Gasteiger partial charge >= 0.3 is 5.97 Å². The van der Waals surface area contributed by atoms with E-state index >= 15 is 0 Å². The molecule has 0 amide bonds. The maximum atomic E-state index is 10.8. The van der Waals surface area contributed by atoms with Gasteiger partial charge in [-0.2, -0.15) is 0 Å². The third-order valence-electron chi connectivity index (χ3n) is 3.37. The van der Waals surface area contributed by atoms with Crippen molar-refractivity contribution >= 4 is 5.97 Å². The highest BCUT2D eigenvalue weighted by Gasteiger charge is 2.22. The first-order chi connectivity index (χ1) is 8.58. The number of furan rings is 1. The summed E-state index contributed by atoms with van der Waals surface area (Å²) in [6, 6.07) is 1.84. The fourth-order valence-electron chi connectivity index (χ4n) is 2.20. The number of aromatic carboxylic acids is 1. The monoisotopic (exact) mass is 253 g/mol. The van der Waals surface area contributed by atoms with Crippen molar-refractivity contribution in [3.8, 4) is 0 Å². The Morgan fingerprint density at radius 1 is 1.67 bits per heavy atom. The lowest BCUT2D eigenvalue weighted by molar-refractivity contribution is 0.0661. The maximum absolute atomic E-state index is 10.8. The molecule has 2 unspecified atom stereocenters. The topological polar surface area (TPSA) is 71.7 Å². The molecule has 2 atom stereocenters. The Hall–Kier alpha value is -1.33. The Morgan fingerprint density at radius 2 is 2.44 bits per heavy atom. The first-order valence-electron chi connectivity index (χ1n) is 6.25. The second kappa shape index (κ2) is 5.54. The second-order valence-electron chi connectivity index (χ2n) is 4.72. The van der Waals surface area contributed by atoms with Gasteiger partial charge in [0.15, 0.2) is 0 Å². The Labute approximate surface area is 106 Å². The van der Waals surface area contributed by atoms with Gasteiger partial charge in [0.05, 0.1) is 6.10 Å². The van der Waals surface area contributed by atoms with Gasteiger partial charge in [-0.1, -0.05) is 0 Å². The number of ether oxygens (including phenoxy) is 1. The average Bonchev–Trinajstić information content (AvgIpc) is 2.95. The van der Waals surface area contributed by atoms with E-state index in [1.54, 1.807) is 13.0 Å². The van der Waals surface area contributed by atoms with Gasteiger partial charge in [-0.25, -0.2) is 4.79 Å². The summed E-state index contributed by atoms with van der Waals surface area (Å²) in [7, 11) is 0. The van der Waals surface area contributed by atoms with Crippen LogP contribution in [-0.4, -0.2) is 29.8 Å². The quantitative estimate of drug-likeness (QED) is 0.839. The van der Waals surface area contributed by atoms with Crippen LogP contribution in [0.15, 0.2) is 10.5 Å². The van der Waals surface area contributed by atoms with Crippen LogP contribution in [0.25, 0.3) is 0 Å². The number of hydrogen-bond donors (Lipinski definition) is 2. The number of hydrogen-bond acceptors (Lipinski definition) is 4. The number of carbonyl (C=O) groups is 1. The van der Waals surface area contributed by atoms with Gasteiger partial charge in [0, 0.05) is 24.8 Å². The molecule has 0 bridgehead atoms. The summed E-state index contributed by atoms with van der Waals surface area (Å²) in [6.07, 6.45) is 2.46.